The van der Waals surface area contributed by atoms with Crippen molar-refractivity contribution >= 4 is 45.7 Å². The van der Waals surface area contributed by atoms with Crippen molar-refractivity contribution in [2.24, 2.45) is 11.7 Å². The molecular formula is C14H17IN2OS. The Morgan fingerprint density at radius 2 is 2.05 bits per heavy atom. The van der Waals surface area contributed by atoms with Gasteiger partial charge in [0.1, 0.15) is 0 Å². The minimum Gasteiger partial charge on any atom is -0.393 e. The summed E-state index contributed by atoms with van der Waals surface area (Å²) < 4.78 is 1.04. The molecule has 0 saturated carbocycles. The Bertz CT molecular complexity index is 510. The summed E-state index contributed by atoms with van der Waals surface area (Å²) in [5.41, 5.74) is 7.61. The fourth-order valence-corrected chi connectivity index (χ4v) is 3.18. The summed E-state index contributed by atoms with van der Waals surface area (Å²) >= 11 is 7.27. The molecule has 2 rings (SSSR count). The molecule has 0 atom stereocenters. The monoisotopic (exact) mass is 388 g/mol. The Kier molecular flexibility index (Phi) is 4.78. The molecule has 102 valence electrons. The number of thiocarbonyl (C=S) groups is 1. The number of halogens is 1. The number of hydrogen-bond donors (Lipinski definition) is 1. The van der Waals surface area contributed by atoms with E-state index in [9.17, 15) is 4.79 Å². The predicted molar refractivity (Wildman–Crippen MR) is 89.3 cm³/mol. The number of benzene rings is 1. The number of carbonyl (C=O) groups is 1. The van der Waals surface area contributed by atoms with Gasteiger partial charge in [-0.05, 0) is 54.0 Å². The molecule has 0 spiro atoms. The van der Waals surface area contributed by atoms with Crippen molar-refractivity contribution in [3.05, 3.63) is 32.9 Å². The molecular weight excluding hydrogens is 371 g/mol. The Hall–Kier alpha value is -0.690. The SMILES string of the molecule is Cc1cccc(C(=O)N2CCC(C(N)=S)CC2)c1I. The molecule has 0 aromatic heterocycles. The smallest absolute Gasteiger partial charge is 0.254 e. The van der Waals surface area contributed by atoms with E-state index in [-0.39, 0.29) is 11.8 Å². The summed E-state index contributed by atoms with van der Waals surface area (Å²) in [6.07, 6.45) is 1.76. The number of nitrogens with two attached hydrogens (primary N) is 1. The van der Waals surface area contributed by atoms with Crippen molar-refractivity contribution in [3.63, 3.8) is 0 Å². The first-order valence-corrected chi connectivity index (χ1v) is 7.83. The molecule has 1 heterocycles. The number of aryl methyl sites for hydroxylation is 1. The minimum atomic E-state index is 0.120. The summed E-state index contributed by atoms with van der Waals surface area (Å²) in [6.45, 7) is 3.51. The number of rotatable bonds is 2. The van der Waals surface area contributed by atoms with Crippen molar-refractivity contribution in [3.8, 4) is 0 Å². The van der Waals surface area contributed by atoms with E-state index in [4.69, 9.17) is 18.0 Å². The largest absolute Gasteiger partial charge is 0.393 e. The Morgan fingerprint density at radius 3 is 2.63 bits per heavy atom. The third-order valence-electron chi connectivity index (χ3n) is 3.61. The topological polar surface area (TPSA) is 46.3 Å². The van der Waals surface area contributed by atoms with Gasteiger partial charge < -0.3 is 10.6 Å². The average molecular weight is 388 g/mol. The summed E-state index contributed by atoms with van der Waals surface area (Å²) in [5.74, 6) is 0.408. The first-order valence-electron chi connectivity index (χ1n) is 6.34. The average Bonchev–Trinajstić information content (AvgIpc) is 2.41. The normalized spacial score (nSPS) is 16.4. The van der Waals surface area contributed by atoms with Crippen LogP contribution in [-0.2, 0) is 0 Å². The van der Waals surface area contributed by atoms with E-state index in [1.807, 2.05) is 30.0 Å². The van der Waals surface area contributed by atoms with Gasteiger partial charge in [0.25, 0.3) is 5.91 Å². The van der Waals surface area contributed by atoms with Gasteiger partial charge >= 0.3 is 0 Å². The zero-order chi connectivity index (χ0) is 14.0. The van der Waals surface area contributed by atoms with Crippen LogP contribution in [0.15, 0.2) is 18.2 Å². The maximum Gasteiger partial charge on any atom is 0.254 e. The lowest BCUT2D eigenvalue weighted by Gasteiger charge is -2.31. The molecule has 0 aliphatic carbocycles. The van der Waals surface area contributed by atoms with Gasteiger partial charge in [0, 0.05) is 22.6 Å². The zero-order valence-corrected chi connectivity index (χ0v) is 13.8. The molecule has 1 saturated heterocycles. The molecule has 0 unspecified atom stereocenters. The molecule has 1 aromatic carbocycles. The van der Waals surface area contributed by atoms with Gasteiger partial charge in [-0.1, -0.05) is 24.4 Å². The molecule has 1 aliphatic heterocycles. The quantitative estimate of drug-likeness (QED) is 0.626. The van der Waals surface area contributed by atoms with Crippen LogP contribution in [0.3, 0.4) is 0 Å². The van der Waals surface area contributed by atoms with Crippen molar-refractivity contribution < 1.29 is 4.79 Å². The number of nitrogens with zero attached hydrogens (tertiary/aromatic N) is 1. The first-order chi connectivity index (χ1) is 9.00. The van der Waals surface area contributed by atoms with E-state index < -0.39 is 0 Å². The van der Waals surface area contributed by atoms with Crippen LogP contribution in [0.25, 0.3) is 0 Å². The highest BCUT2D eigenvalue weighted by atomic mass is 127. The molecule has 2 N–H and O–H groups in total. The van der Waals surface area contributed by atoms with Crippen LogP contribution in [0.1, 0.15) is 28.8 Å². The third kappa shape index (κ3) is 3.25. The highest BCUT2D eigenvalue weighted by molar-refractivity contribution is 14.1. The van der Waals surface area contributed by atoms with Crippen molar-refractivity contribution in [2.75, 3.05) is 13.1 Å². The van der Waals surface area contributed by atoms with E-state index in [1.165, 1.54) is 0 Å². The first kappa shape index (κ1) is 14.7. The van der Waals surface area contributed by atoms with Gasteiger partial charge in [-0.15, -0.1) is 0 Å². The van der Waals surface area contributed by atoms with Gasteiger partial charge in [-0.3, -0.25) is 4.79 Å². The molecule has 5 heteroatoms. The zero-order valence-electron chi connectivity index (χ0n) is 10.9. The van der Waals surface area contributed by atoms with Gasteiger partial charge in [-0.25, -0.2) is 0 Å². The van der Waals surface area contributed by atoms with Gasteiger partial charge in [-0.2, -0.15) is 0 Å². The Morgan fingerprint density at radius 1 is 1.42 bits per heavy atom. The molecule has 0 bridgehead atoms. The lowest BCUT2D eigenvalue weighted by atomic mass is 9.96. The number of hydrogen-bond acceptors (Lipinski definition) is 2. The molecule has 1 fully saturated rings. The minimum absolute atomic E-state index is 0.120. The fourth-order valence-electron chi connectivity index (χ4n) is 2.35. The van der Waals surface area contributed by atoms with Crippen molar-refractivity contribution in [1.29, 1.82) is 0 Å². The molecule has 1 amide bonds. The molecule has 0 radical (unpaired) electrons. The van der Waals surface area contributed by atoms with Crippen LogP contribution in [0.4, 0.5) is 0 Å². The molecule has 1 aliphatic rings. The van der Waals surface area contributed by atoms with Crippen LogP contribution < -0.4 is 5.73 Å². The number of carbonyl (C=O) groups excluding carboxylic acids is 1. The maximum atomic E-state index is 12.5. The predicted octanol–water partition coefficient (Wildman–Crippen LogP) is 2.74. The van der Waals surface area contributed by atoms with Crippen molar-refractivity contribution in [2.45, 2.75) is 19.8 Å². The van der Waals surface area contributed by atoms with Gasteiger partial charge in [0.15, 0.2) is 0 Å². The van der Waals surface area contributed by atoms with Crippen LogP contribution in [0.2, 0.25) is 0 Å². The highest BCUT2D eigenvalue weighted by Gasteiger charge is 2.25. The summed E-state index contributed by atoms with van der Waals surface area (Å²) in [4.78, 5) is 15.0. The fraction of sp³-hybridized carbons (Fsp3) is 0.429. The molecule has 1 aromatic rings. The number of amides is 1. The van der Waals surface area contributed by atoms with E-state index in [0.717, 1.165) is 40.6 Å². The summed E-state index contributed by atoms with van der Waals surface area (Å²) in [6, 6.07) is 5.86. The van der Waals surface area contributed by atoms with Gasteiger partial charge in [0.2, 0.25) is 0 Å². The Balaban J connectivity index is 2.09. The third-order valence-corrected chi connectivity index (χ3v) is 5.37. The van der Waals surface area contributed by atoms with E-state index in [2.05, 4.69) is 22.6 Å². The second-order valence-electron chi connectivity index (χ2n) is 4.91. The van der Waals surface area contributed by atoms with Crippen LogP contribution >= 0.6 is 34.8 Å². The summed E-state index contributed by atoms with van der Waals surface area (Å²) in [7, 11) is 0. The van der Waals surface area contributed by atoms with Crippen LogP contribution in [0, 0.1) is 16.4 Å². The lowest BCUT2D eigenvalue weighted by molar-refractivity contribution is 0.0709. The number of piperidine rings is 1. The Labute approximate surface area is 132 Å². The second kappa shape index (κ2) is 6.17. The second-order valence-corrected chi connectivity index (χ2v) is 6.46. The van der Waals surface area contributed by atoms with Gasteiger partial charge in [0.05, 0.1) is 10.6 Å². The molecule has 19 heavy (non-hydrogen) atoms. The van der Waals surface area contributed by atoms with E-state index in [1.54, 1.807) is 0 Å². The standard InChI is InChI=1S/C14H17IN2OS/c1-9-3-2-4-11(12(9)15)14(18)17-7-5-10(6-8-17)13(16)19/h2-4,10H,5-8H2,1H3,(H2,16,19). The number of likely N-dealkylation sites (tertiary alicyclic amines) is 1. The lowest BCUT2D eigenvalue weighted by Crippen LogP contribution is -2.41. The van der Waals surface area contributed by atoms with E-state index >= 15 is 0 Å². The van der Waals surface area contributed by atoms with Crippen LogP contribution in [-0.4, -0.2) is 28.9 Å². The maximum absolute atomic E-state index is 12.5. The van der Waals surface area contributed by atoms with Crippen LogP contribution in [0.5, 0.6) is 0 Å². The van der Waals surface area contributed by atoms with Crippen molar-refractivity contribution in [1.82, 2.24) is 4.90 Å². The van der Waals surface area contributed by atoms with E-state index in [0.29, 0.717) is 4.99 Å². The highest BCUT2D eigenvalue weighted by Crippen LogP contribution is 2.22. The molecule has 3 nitrogen and oxygen atoms in total. The summed E-state index contributed by atoms with van der Waals surface area (Å²) in [5, 5.41) is 0.